The van der Waals surface area contributed by atoms with Crippen molar-refractivity contribution < 1.29 is 19.0 Å². The van der Waals surface area contributed by atoms with Crippen molar-refractivity contribution in [1.29, 1.82) is 0 Å². The van der Waals surface area contributed by atoms with Gasteiger partial charge in [0.05, 0.1) is 19.6 Å². The molecule has 0 radical (unpaired) electrons. The number of fused-ring (bicyclic) bond motifs is 1. The number of epoxide rings is 1. The molecule has 2 fully saturated rings. The van der Waals surface area contributed by atoms with E-state index in [1.165, 1.54) is 0 Å². The van der Waals surface area contributed by atoms with Gasteiger partial charge >= 0.3 is 0 Å². The molecule has 2 aliphatic heterocycles. The summed E-state index contributed by atoms with van der Waals surface area (Å²) >= 11 is 0. The van der Waals surface area contributed by atoms with Crippen molar-refractivity contribution in [2.24, 2.45) is 0 Å². The first-order valence-corrected chi connectivity index (χ1v) is 8.49. The summed E-state index contributed by atoms with van der Waals surface area (Å²) in [6.07, 6.45) is 6.22. The highest BCUT2D eigenvalue weighted by Crippen LogP contribution is 2.48. The summed E-state index contributed by atoms with van der Waals surface area (Å²) in [5, 5.41) is 0. The fraction of sp³-hybridized carbons (Fsp3) is 0.824. The Bertz CT molecular complexity index is 387. The molecule has 3 atom stereocenters. The molecule has 0 saturated carbocycles. The van der Waals surface area contributed by atoms with Crippen LogP contribution in [0.5, 0.6) is 0 Å². The topological polar surface area (TPSA) is 51.3 Å². The van der Waals surface area contributed by atoms with Gasteiger partial charge in [0.25, 0.3) is 0 Å². The van der Waals surface area contributed by atoms with Gasteiger partial charge in [-0.15, -0.1) is 6.58 Å². The molecule has 1 amide bonds. The lowest BCUT2D eigenvalue weighted by Gasteiger charge is -2.37. The molecule has 2 heterocycles. The molecule has 2 rings (SSSR count). The van der Waals surface area contributed by atoms with Crippen molar-refractivity contribution in [1.82, 2.24) is 4.90 Å². The number of unbranched alkanes of at least 4 members (excludes halogenated alkanes) is 2. The van der Waals surface area contributed by atoms with Gasteiger partial charge in [0.1, 0.15) is 12.1 Å². The number of carbonyl (C=O) groups is 1. The zero-order valence-electron chi connectivity index (χ0n) is 13.9. The largest absolute Gasteiger partial charge is 0.379 e. The summed E-state index contributed by atoms with van der Waals surface area (Å²) in [5.41, 5.74) is 0. The van der Waals surface area contributed by atoms with E-state index in [0.717, 1.165) is 25.7 Å². The summed E-state index contributed by atoms with van der Waals surface area (Å²) in [6, 6.07) is -0.175. The Kier molecular flexibility index (Phi) is 6.41. The second-order valence-electron chi connectivity index (χ2n) is 6.01. The van der Waals surface area contributed by atoms with E-state index >= 15 is 0 Å². The van der Waals surface area contributed by atoms with E-state index in [1.807, 2.05) is 0 Å². The van der Waals surface area contributed by atoms with Crippen LogP contribution in [0.15, 0.2) is 12.7 Å². The molecule has 5 nitrogen and oxygen atoms in total. The molecule has 0 aromatic heterocycles. The Morgan fingerprint density at radius 1 is 1.36 bits per heavy atom. The predicted octanol–water partition coefficient (Wildman–Crippen LogP) is 2.50. The molecule has 0 aromatic rings. The van der Waals surface area contributed by atoms with Crippen LogP contribution in [0, 0.1) is 0 Å². The van der Waals surface area contributed by atoms with Crippen molar-refractivity contribution in [2.75, 3.05) is 26.4 Å². The van der Waals surface area contributed by atoms with Gasteiger partial charge in [-0.05, 0) is 12.8 Å². The Hall–Kier alpha value is -0.910. The second-order valence-corrected chi connectivity index (χ2v) is 6.01. The van der Waals surface area contributed by atoms with Crippen LogP contribution < -0.4 is 0 Å². The lowest BCUT2D eigenvalue weighted by atomic mass is 9.98. The minimum atomic E-state index is -0.654. The fourth-order valence-electron chi connectivity index (χ4n) is 2.95. The fourth-order valence-corrected chi connectivity index (χ4v) is 2.95. The third kappa shape index (κ3) is 3.70. The summed E-state index contributed by atoms with van der Waals surface area (Å²) < 4.78 is 17.7. The van der Waals surface area contributed by atoms with Crippen LogP contribution in [0.2, 0.25) is 0 Å². The molecule has 2 saturated heterocycles. The van der Waals surface area contributed by atoms with Crippen molar-refractivity contribution >= 4 is 5.91 Å². The molecule has 126 valence electrons. The monoisotopic (exact) mass is 311 g/mol. The first kappa shape index (κ1) is 17.4. The van der Waals surface area contributed by atoms with Crippen LogP contribution in [0.25, 0.3) is 0 Å². The number of carbonyl (C=O) groups excluding carboxylic acids is 1. The maximum Gasteiger partial charge on any atom is 0.226 e. The van der Waals surface area contributed by atoms with Gasteiger partial charge in [-0.2, -0.15) is 0 Å². The van der Waals surface area contributed by atoms with E-state index in [9.17, 15) is 4.79 Å². The molecule has 5 heteroatoms. The summed E-state index contributed by atoms with van der Waals surface area (Å²) in [5.74, 6) is -0.556. The number of likely N-dealkylation sites (tertiary alicyclic amines) is 1. The molecule has 0 aromatic carbocycles. The Morgan fingerprint density at radius 2 is 2.09 bits per heavy atom. The van der Waals surface area contributed by atoms with Gasteiger partial charge in [-0.1, -0.05) is 32.8 Å². The smallest absolute Gasteiger partial charge is 0.226 e. The van der Waals surface area contributed by atoms with Gasteiger partial charge in [-0.3, -0.25) is 4.79 Å². The van der Waals surface area contributed by atoms with Crippen LogP contribution in [0.3, 0.4) is 0 Å². The number of hydrogen-bond donors (Lipinski definition) is 0. The molecule has 3 unspecified atom stereocenters. The minimum absolute atomic E-state index is 0.0983. The first-order valence-electron chi connectivity index (χ1n) is 8.49. The maximum absolute atomic E-state index is 12.3. The molecule has 2 aliphatic rings. The summed E-state index contributed by atoms with van der Waals surface area (Å²) in [6.45, 7) is 10.4. The van der Waals surface area contributed by atoms with Gasteiger partial charge < -0.3 is 19.1 Å². The van der Waals surface area contributed by atoms with E-state index in [2.05, 4.69) is 20.4 Å². The van der Waals surface area contributed by atoms with E-state index in [0.29, 0.717) is 32.8 Å². The van der Waals surface area contributed by atoms with Crippen molar-refractivity contribution in [3.8, 4) is 0 Å². The van der Waals surface area contributed by atoms with Gasteiger partial charge in [0.2, 0.25) is 11.7 Å². The highest BCUT2D eigenvalue weighted by atomic mass is 16.8. The molecular weight excluding hydrogens is 282 g/mol. The molecule has 22 heavy (non-hydrogen) atoms. The summed E-state index contributed by atoms with van der Waals surface area (Å²) in [4.78, 5) is 14.1. The number of amides is 1. The minimum Gasteiger partial charge on any atom is -0.379 e. The average Bonchev–Trinajstić information content (AvgIpc) is 3.20. The number of piperidine rings is 1. The molecule has 0 aliphatic carbocycles. The third-order valence-electron chi connectivity index (χ3n) is 4.31. The Morgan fingerprint density at radius 3 is 2.77 bits per heavy atom. The van der Waals surface area contributed by atoms with Crippen LogP contribution in [0.1, 0.15) is 46.0 Å². The van der Waals surface area contributed by atoms with Gasteiger partial charge in [0.15, 0.2) is 0 Å². The van der Waals surface area contributed by atoms with E-state index < -0.39 is 5.79 Å². The average molecular weight is 311 g/mol. The van der Waals surface area contributed by atoms with E-state index in [-0.39, 0.29) is 18.1 Å². The Labute approximate surface area is 133 Å². The molecule has 0 spiro atoms. The lowest BCUT2D eigenvalue weighted by molar-refractivity contribution is -0.155. The van der Waals surface area contributed by atoms with Crippen molar-refractivity contribution in [2.45, 2.75) is 63.9 Å². The Balaban J connectivity index is 2.02. The SMILES string of the molecule is C=CCN1C(=O)CC2OC2(OCCCC)C1COCCCC. The second kappa shape index (κ2) is 8.09. The highest BCUT2D eigenvalue weighted by molar-refractivity contribution is 5.79. The quantitative estimate of drug-likeness (QED) is 0.334. The van der Waals surface area contributed by atoms with Gasteiger partial charge in [-0.25, -0.2) is 0 Å². The third-order valence-corrected chi connectivity index (χ3v) is 4.31. The van der Waals surface area contributed by atoms with Crippen molar-refractivity contribution in [3.63, 3.8) is 0 Å². The van der Waals surface area contributed by atoms with Crippen LogP contribution in [-0.2, 0) is 19.0 Å². The summed E-state index contributed by atoms with van der Waals surface area (Å²) in [7, 11) is 0. The predicted molar refractivity (Wildman–Crippen MR) is 84.5 cm³/mol. The van der Waals surface area contributed by atoms with Crippen LogP contribution in [-0.4, -0.2) is 55.1 Å². The van der Waals surface area contributed by atoms with Gasteiger partial charge in [0, 0.05) is 13.2 Å². The molecule has 0 bridgehead atoms. The zero-order chi connectivity index (χ0) is 16.0. The van der Waals surface area contributed by atoms with E-state index in [1.54, 1.807) is 11.0 Å². The standard InChI is InChI=1S/C17H29NO4/c1-4-7-10-20-13-14-17(21-11-8-5-2)15(22-17)12-16(19)18(14)9-6-3/h6,14-15H,3-5,7-13H2,1-2H3. The highest BCUT2D eigenvalue weighted by Gasteiger charge is 2.68. The molecule has 0 N–H and O–H groups in total. The maximum atomic E-state index is 12.3. The van der Waals surface area contributed by atoms with E-state index in [4.69, 9.17) is 14.2 Å². The molecular formula is C17H29NO4. The number of rotatable bonds is 11. The lowest BCUT2D eigenvalue weighted by Crippen LogP contribution is -2.57. The number of hydrogen-bond acceptors (Lipinski definition) is 4. The zero-order valence-corrected chi connectivity index (χ0v) is 13.9. The van der Waals surface area contributed by atoms with Crippen molar-refractivity contribution in [3.05, 3.63) is 12.7 Å². The van der Waals surface area contributed by atoms with Crippen LogP contribution in [0.4, 0.5) is 0 Å². The normalized spacial score (nSPS) is 30.3. The first-order chi connectivity index (χ1) is 10.7. The van der Waals surface area contributed by atoms with Crippen LogP contribution >= 0.6 is 0 Å². The number of nitrogens with zero attached hydrogens (tertiary/aromatic N) is 1. The number of ether oxygens (including phenoxy) is 3.